The number of esters is 3. The summed E-state index contributed by atoms with van der Waals surface area (Å²) >= 11 is 0. The van der Waals surface area contributed by atoms with Gasteiger partial charge in [-0.3, -0.25) is 14.4 Å². The minimum absolute atomic E-state index is 0.0433. The van der Waals surface area contributed by atoms with E-state index >= 15 is 0 Å². The van der Waals surface area contributed by atoms with Crippen LogP contribution in [0, 0.1) is 29.1 Å². The lowest BCUT2D eigenvalue weighted by Crippen LogP contribution is -2.48. The molecule has 0 radical (unpaired) electrons. The molecule has 202 valence electrons. The number of ether oxygens (including phenoxy) is 5. The molecule has 4 rings (SSSR count). The van der Waals surface area contributed by atoms with Crippen molar-refractivity contribution in [1.29, 1.82) is 0 Å². The largest absolute Gasteiger partial charge is 0.465 e. The number of aliphatic hydroxyl groups excluding tert-OH is 1. The highest BCUT2D eigenvalue weighted by Gasteiger charge is 2.75. The molecule has 3 fully saturated rings. The van der Waals surface area contributed by atoms with Crippen LogP contribution in [0.1, 0.15) is 72.1 Å². The molecule has 0 aromatic heterocycles. The van der Waals surface area contributed by atoms with Gasteiger partial charge in [-0.05, 0) is 31.1 Å². The Bertz CT molecular complexity index is 863. The van der Waals surface area contributed by atoms with Crippen molar-refractivity contribution in [1.82, 2.24) is 0 Å². The number of fused-ring (bicyclic) bond motifs is 4. The molecular formula is C27H40O9. The van der Waals surface area contributed by atoms with Gasteiger partial charge in [-0.15, -0.1) is 0 Å². The summed E-state index contributed by atoms with van der Waals surface area (Å²) in [5.41, 5.74) is -0.308. The fraction of sp³-hybridized carbons (Fsp3) is 0.815. The second-order valence-corrected chi connectivity index (χ2v) is 10.9. The molecule has 1 spiro atoms. The molecule has 0 amide bonds. The summed E-state index contributed by atoms with van der Waals surface area (Å²) in [4.78, 5) is 35.9. The highest BCUT2D eigenvalue weighted by molar-refractivity contribution is 5.69. The summed E-state index contributed by atoms with van der Waals surface area (Å²) in [6.07, 6.45) is 7.83. The van der Waals surface area contributed by atoms with Crippen LogP contribution in [0.2, 0.25) is 0 Å². The lowest BCUT2D eigenvalue weighted by atomic mass is 9.71. The quantitative estimate of drug-likeness (QED) is 0.183. The molecule has 1 N–H and O–H groups in total. The second-order valence-electron chi connectivity index (χ2n) is 10.9. The maximum absolute atomic E-state index is 12.5. The van der Waals surface area contributed by atoms with Crippen molar-refractivity contribution in [3.05, 3.63) is 11.8 Å². The Morgan fingerprint density at radius 1 is 1.08 bits per heavy atom. The number of aliphatic hydroxyl groups is 1. The average molecular weight is 509 g/mol. The Balaban J connectivity index is 1.52. The van der Waals surface area contributed by atoms with E-state index < -0.39 is 29.2 Å². The molecule has 9 heteroatoms. The van der Waals surface area contributed by atoms with Gasteiger partial charge in [0.2, 0.25) is 6.29 Å². The smallest absolute Gasteiger partial charge is 0.305 e. The van der Waals surface area contributed by atoms with Crippen molar-refractivity contribution < 1.29 is 43.2 Å². The molecule has 2 heterocycles. The Labute approximate surface area is 212 Å². The molecule has 36 heavy (non-hydrogen) atoms. The highest BCUT2D eigenvalue weighted by Crippen LogP contribution is 2.72. The van der Waals surface area contributed by atoms with Gasteiger partial charge in [-0.1, -0.05) is 32.6 Å². The van der Waals surface area contributed by atoms with Crippen LogP contribution in [0.15, 0.2) is 11.8 Å². The minimum Gasteiger partial charge on any atom is -0.465 e. The normalized spacial score (nSPS) is 35.9. The fourth-order valence-corrected chi connectivity index (χ4v) is 6.64. The van der Waals surface area contributed by atoms with Crippen LogP contribution in [0.3, 0.4) is 0 Å². The number of carbonyl (C=O) groups excluding carboxylic acids is 3. The maximum Gasteiger partial charge on any atom is 0.305 e. The zero-order valence-corrected chi connectivity index (χ0v) is 21.7. The van der Waals surface area contributed by atoms with E-state index in [0.29, 0.717) is 13.0 Å². The topological polar surface area (TPSA) is 121 Å². The van der Waals surface area contributed by atoms with E-state index in [-0.39, 0.29) is 49.5 Å². The molecule has 9 nitrogen and oxygen atoms in total. The zero-order chi connectivity index (χ0) is 25.9. The Morgan fingerprint density at radius 2 is 1.83 bits per heavy atom. The van der Waals surface area contributed by atoms with Gasteiger partial charge in [-0.2, -0.15) is 0 Å². The van der Waals surface area contributed by atoms with E-state index in [0.717, 1.165) is 44.1 Å². The van der Waals surface area contributed by atoms with Crippen LogP contribution in [0.5, 0.6) is 0 Å². The van der Waals surface area contributed by atoms with E-state index in [1.165, 1.54) is 26.5 Å². The molecule has 0 bridgehead atoms. The molecule has 0 aromatic rings. The summed E-state index contributed by atoms with van der Waals surface area (Å²) < 4.78 is 28.4. The summed E-state index contributed by atoms with van der Waals surface area (Å²) in [6.45, 7) is 5.44. The molecule has 4 aliphatic rings. The molecule has 1 saturated heterocycles. The number of hydrogen-bond acceptors (Lipinski definition) is 9. The molecule has 2 saturated carbocycles. The first kappa shape index (κ1) is 26.9. The van der Waals surface area contributed by atoms with Gasteiger partial charge < -0.3 is 28.8 Å². The van der Waals surface area contributed by atoms with E-state index in [2.05, 4.69) is 6.92 Å². The Hall–Kier alpha value is -2.13. The molecule has 1 unspecified atom stereocenters. The van der Waals surface area contributed by atoms with Gasteiger partial charge >= 0.3 is 17.9 Å². The van der Waals surface area contributed by atoms with E-state index in [4.69, 9.17) is 23.7 Å². The maximum atomic E-state index is 12.5. The Morgan fingerprint density at radius 3 is 2.47 bits per heavy atom. The first-order valence-electron chi connectivity index (χ1n) is 13.3. The summed E-state index contributed by atoms with van der Waals surface area (Å²) in [5, 5.41) is 10.6. The molecule has 0 aromatic carbocycles. The average Bonchev–Trinajstić information content (AvgIpc) is 3.74. The van der Waals surface area contributed by atoms with Crippen LogP contribution in [-0.2, 0) is 38.1 Å². The Kier molecular flexibility index (Phi) is 8.29. The second kappa shape index (κ2) is 11.1. The molecular weight excluding hydrogens is 468 g/mol. The van der Waals surface area contributed by atoms with Crippen LogP contribution in [-0.4, -0.2) is 61.3 Å². The van der Waals surface area contributed by atoms with Crippen molar-refractivity contribution in [3.8, 4) is 0 Å². The summed E-state index contributed by atoms with van der Waals surface area (Å²) in [5.74, 6) is -1.56. The van der Waals surface area contributed by atoms with Crippen LogP contribution < -0.4 is 0 Å². The predicted molar refractivity (Wildman–Crippen MR) is 127 cm³/mol. The van der Waals surface area contributed by atoms with Gasteiger partial charge in [0.15, 0.2) is 0 Å². The summed E-state index contributed by atoms with van der Waals surface area (Å²) in [7, 11) is 0. The number of epoxide rings is 1. The number of unbranched alkanes of at least 4 members (excludes halogenated alkanes) is 4. The van der Waals surface area contributed by atoms with Crippen molar-refractivity contribution in [2.45, 2.75) is 84.0 Å². The number of hydrogen-bond donors (Lipinski definition) is 1. The van der Waals surface area contributed by atoms with E-state index in [1.54, 1.807) is 0 Å². The van der Waals surface area contributed by atoms with Crippen molar-refractivity contribution in [2.24, 2.45) is 29.1 Å². The molecule has 2 aliphatic heterocycles. The first-order valence-corrected chi connectivity index (χ1v) is 13.3. The highest BCUT2D eigenvalue weighted by atomic mass is 16.7. The third-order valence-corrected chi connectivity index (χ3v) is 8.58. The monoisotopic (exact) mass is 508 g/mol. The van der Waals surface area contributed by atoms with Gasteiger partial charge in [0.1, 0.15) is 12.2 Å². The summed E-state index contributed by atoms with van der Waals surface area (Å²) in [6, 6.07) is 0. The minimum atomic E-state index is -0.836. The van der Waals surface area contributed by atoms with Crippen molar-refractivity contribution in [2.75, 3.05) is 26.4 Å². The van der Waals surface area contributed by atoms with Crippen molar-refractivity contribution in [3.63, 3.8) is 0 Å². The number of rotatable bonds is 12. The van der Waals surface area contributed by atoms with Gasteiger partial charge in [0, 0.05) is 37.2 Å². The fourth-order valence-electron chi connectivity index (χ4n) is 6.64. The van der Waals surface area contributed by atoms with Gasteiger partial charge in [-0.25, -0.2) is 0 Å². The SMILES string of the molecule is CCCCCCCC(=O)OCC1(CO)[C@@H]2[C@H]3C(COC(C)=O)=CO[C@H](OC(C)=O)[C@H]3[C@@]3(CC[C@@H]21)CO3. The third kappa shape index (κ3) is 5.42. The zero-order valence-electron chi connectivity index (χ0n) is 21.7. The number of carbonyl (C=O) groups is 3. The lowest BCUT2D eigenvalue weighted by molar-refractivity contribution is -0.193. The van der Waals surface area contributed by atoms with Crippen LogP contribution in [0.4, 0.5) is 0 Å². The van der Waals surface area contributed by atoms with Crippen LogP contribution >= 0.6 is 0 Å². The first-order chi connectivity index (χ1) is 17.3. The standard InChI is InChI=1S/C27H40O9/c1-4-5-6-7-8-9-21(31)34-15-26(14-28)20-10-11-27(16-35-27)24-22(23(20)26)19(12-32-17(2)29)13-33-25(24)36-18(3)30/h13,20,22-25,28H,4-12,14-16H2,1-3H3/t20-,22+,23-,24-,25+,26?,27+/m0/s1. The van der Waals surface area contributed by atoms with Crippen LogP contribution in [0.25, 0.3) is 0 Å². The lowest BCUT2D eigenvalue weighted by Gasteiger charge is -2.41. The van der Waals surface area contributed by atoms with Crippen molar-refractivity contribution >= 4 is 17.9 Å². The molecule has 2 aliphatic carbocycles. The van der Waals surface area contributed by atoms with Gasteiger partial charge in [0.25, 0.3) is 0 Å². The van der Waals surface area contributed by atoms with Gasteiger partial charge in [0.05, 0.1) is 32.0 Å². The molecule has 7 atom stereocenters. The third-order valence-electron chi connectivity index (χ3n) is 8.58. The van der Waals surface area contributed by atoms with E-state index in [9.17, 15) is 19.5 Å². The predicted octanol–water partition coefficient (Wildman–Crippen LogP) is 3.28. The van der Waals surface area contributed by atoms with E-state index in [1.807, 2.05) is 0 Å².